The molecule has 20 heavy (non-hydrogen) atoms. The van der Waals surface area contributed by atoms with Gasteiger partial charge in [0.2, 0.25) is 5.91 Å². The fourth-order valence-electron chi connectivity index (χ4n) is 1.72. The average Bonchev–Trinajstić information content (AvgIpc) is 2.36. The van der Waals surface area contributed by atoms with E-state index in [-0.39, 0.29) is 17.5 Å². The van der Waals surface area contributed by atoms with Gasteiger partial charge in [0.05, 0.1) is 12.1 Å². The molecule has 0 saturated heterocycles. The SMILES string of the molecule is Cc1cc(Cl)nc(Cl)c1NC(=O)Cc1ccc(Br)cc1. The van der Waals surface area contributed by atoms with Crippen molar-refractivity contribution in [1.82, 2.24) is 4.98 Å². The van der Waals surface area contributed by atoms with Gasteiger partial charge >= 0.3 is 0 Å². The van der Waals surface area contributed by atoms with Crippen LogP contribution in [0.4, 0.5) is 5.69 Å². The van der Waals surface area contributed by atoms with E-state index < -0.39 is 0 Å². The zero-order valence-corrected chi connectivity index (χ0v) is 13.7. The Hall–Kier alpha value is -1.10. The van der Waals surface area contributed by atoms with Crippen molar-refractivity contribution >= 4 is 50.7 Å². The Morgan fingerprint density at radius 1 is 1.30 bits per heavy atom. The molecule has 0 radical (unpaired) electrons. The number of hydrogen-bond donors (Lipinski definition) is 1. The Balaban J connectivity index is 2.10. The van der Waals surface area contributed by atoms with Crippen LogP contribution in [0.5, 0.6) is 0 Å². The summed E-state index contributed by atoms with van der Waals surface area (Å²) in [6, 6.07) is 9.22. The Labute approximate surface area is 135 Å². The second-order valence-electron chi connectivity index (χ2n) is 4.28. The van der Waals surface area contributed by atoms with Gasteiger partial charge in [-0.3, -0.25) is 4.79 Å². The van der Waals surface area contributed by atoms with Crippen LogP contribution in [-0.2, 0) is 11.2 Å². The molecule has 0 aliphatic rings. The van der Waals surface area contributed by atoms with Crippen molar-refractivity contribution < 1.29 is 4.79 Å². The lowest BCUT2D eigenvalue weighted by Crippen LogP contribution is -2.15. The number of benzene rings is 1. The van der Waals surface area contributed by atoms with Crippen LogP contribution in [-0.4, -0.2) is 10.9 Å². The van der Waals surface area contributed by atoms with Gasteiger partial charge in [-0.2, -0.15) is 0 Å². The zero-order chi connectivity index (χ0) is 14.7. The molecule has 0 saturated carbocycles. The number of rotatable bonds is 3. The molecule has 0 spiro atoms. The first kappa shape index (κ1) is 15.3. The van der Waals surface area contributed by atoms with E-state index in [4.69, 9.17) is 23.2 Å². The van der Waals surface area contributed by atoms with Crippen LogP contribution in [0.3, 0.4) is 0 Å². The van der Waals surface area contributed by atoms with Gasteiger partial charge in [0.15, 0.2) is 5.15 Å². The van der Waals surface area contributed by atoms with E-state index in [0.29, 0.717) is 10.8 Å². The Morgan fingerprint density at radius 2 is 1.95 bits per heavy atom. The molecule has 0 bridgehead atoms. The maximum absolute atomic E-state index is 12.0. The lowest BCUT2D eigenvalue weighted by molar-refractivity contribution is -0.115. The van der Waals surface area contributed by atoms with E-state index in [0.717, 1.165) is 15.6 Å². The van der Waals surface area contributed by atoms with Crippen LogP contribution in [0.25, 0.3) is 0 Å². The van der Waals surface area contributed by atoms with Crippen LogP contribution >= 0.6 is 39.1 Å². The minimum Gasteiger partial charge on any atom is -0.323 e. The van der Waals surface area contributed by atoms with Gasteiger partial charge < -0.3 is 5.32 Å². The monoisotopic (exact) mass is 372 g/mol. The number of carbonyl (C=O) groups excluding carboxylic acids is 1. The smallest absolute Gasteiger partial charge is 0.228 e. The number of hydrogen-bond acceptors (Lipinski definition) is 2. The van der Waals surface area contributed by atoms with Crippen LogP contribution in [0.1, 0.15) is 11.1 Å². The van der Waals surface area contributed by atoms with Gasteiger partial charge in [0, 0.05) is 4.47 Å². The average molecular weight is 374 g/mol. The van der Waals surface area contributed by atoms with Crippen LogP contribution in [0.2, 0.25) is 10.3 Å². The van der Waals surface area contributed by atoms with Gasteiger partial charge in [0.1, 0.15) is 5.15 Å². The Kier molecular flexibility index (Phi) is 5.02. The van der Waals surface area contributed by atoms with Crippen molar-refractivity contribution in [3.8, 4) is 0 Å². The maximum atomic E-state index is 12.0. The van der Waals surface area contributed by atoms with Gasteiger partial charge in [0.25, 0.3) is 0 Å². The third kappa shape index (κ3) is 3.95. The number of nitrogens with zero attached hydrogens (tertiary/aromatic N) is 1. The highest BCUT2D eigenvalue weighted by molar-refractivity contribution is 9.10. The fourth-order valence-corrected chi connectivity index (χ4v) is 2.56. The summed E-state index contributed by atoms with van der Waals surface area (Å²) < 4.78 is 0.974. The molecule has 104 valence electrons. The van der Waals surface area contributed by atoms with E-state index in [1.807, 2.05) is 31.2 Å². The standard InChI is InChI=1S/C14H11BrCl2N2O/c1-8-6-11(16)18-14(17)13(8)19-12(20)7-9-2-4-10(15)5-3-9/h2-6H,7H2,1H3,(H,19,20). The molecule has 1 aromatic carbocycles. The molecule has 0 aliphatic heterocycles. The summed E-state index contributed by atoms with van der Waals surface area (Å²) in [6.45, 7) is 1.81. The second-order valence-corrected chi connectivity index (χ2v) is 5.94. The van der Waals surface area contributed by atoms with Crippen molar-refractivity contribution in [3.05, 3.63) is 56.2 Å². The van der Waals surface area contributed by atoms with E-state index >= 15 is 0 Å². The molecule has 1 aromatic heterocycles. The zero-order valence-electron chi connectivity index (χ0n) is 10.6. The molecule has 0 unspecified atom stereocenters. The first-order chi connectivity index (χ1) is 9.45. The molecular weight excluding hydrogens is 363 g/mol. The van der Waals surface area contributed by atoms with Crippen molar-refractivity contribution in [2.45, 2.75) is 13.3 Å². The molecule has 6 heteroatoms. The number of halogens is 3. The summed E-state index contributed by atoms with van der Waals surface area (Å²) in [5.41, 5.74) is 2.19. The second kappa shape index (κ2) is 6.57. The van der Waals surface area contributed by atoms with Gasteiger partial charge in [-0.25, -0.2) is 4.98 Å². The summed E-state index contributed by atoms with van der Waals surface area (Å²) in [5.74, 6) is -0.151. The number of anilines is 1. The molecule has 0 fully saturated rings. The largest absolute Gasteiger partial charge is 0.323 e. The van der Waals surface area contributed by atoms with Gasteiger partial charge in [-0.15, -0.1) is 0 Å². The summed E-state index contributed by atoms with van der Waals surface area (Å²) in [6.07, 6.45) is 0.270. The minimum absolute atomic E-state index is 0.151. The highest BCUT2D eigenvalue weighted by Gasteiger charge is 2.11. The summed E-state index contributed by atoms with van der Waals surface area (Å²) in [7, 11) is 0. The molecule has 2 aromatic rings. The molecule has 1 N–H and O–H groups in total. The first-order valence-electron chi connectivity index (χ1n) is 5.82. The lowest BCUT2D eigenvalue weighted by Gasteiger charge is -2.10. The highest BCUT2D eigenvalue weighted by Crippen LogP contribution is 2.26. The first-order valence-corrected chi connectivity index (χ1v) is 7.37. The Bertz CT molecular complexity index is 621. The summed E-state index contributed by atoms with van der Waals surface area (Å²) >= 11 is 15.1. The predicted molar refractivity (Wildman–Crippen MR) is 85.5 cm³/mol. The summed E-state index contributed by atoms with van der Waals surface area (Å²) in [5, 5.41) is 3.26. The number of amides is 1. The lowest BCUT2D eigenvalue weighted by atomic mass is 10.1. The fraction of sp³-hybridized carbons (Fsp3) is 0.143. The molecular formula is C14H11BrCl2N2O. The quantitative estimate of drug-likeness (QED) is 0.796. The molecule has 0 atom stereocenters. The number of pyridine rings is 1. The highest BCUT2D eigenvalue weighted by atomic mass is 79.9. The molecule has 2 rings (SSSR count). The van der Waals surface area contributed by atoms with Crippen molar-refractivity contribution in [1.29, 1.82) is 0 Å². The van der Waals surface area contributed by atoms with Crippen molar-refractivity contribution in [3.63, 3.8) is 0 Å². The number of aryl methyl sites for hydroxylation is 1. The summed E-state index contributed by atoms with van der Waals surface area (Å²) in [4.78, 5) is 15.9. The maximum Gasteiger partial charge on any atom is 0.228 e. The number of nitrogens with one attached hydrogen (secondary N) is 1. The molecule has 1 amide bonds. The molecule has 0 aliphatic carbocycles. The van der Waals surface area contributed by atoms with Crippen LogP contribution in [0, 0.1) is 6.92 Å². The number of aromatic nitrogens is 1. The Morgan fingerprint density at radius 3 is 2.55 bits per heavy atom. The normalized spacial score (nSPS) is 10.4. The predicted octanol–water partition coefficient (Wildman–Crippen LogP) is 4.64. The van der Waals surface area contributed by atoms with Gasteiger partial charge in [-0.05, 0) is 36.2 Å². The third-order valence-corrected chi connectivity index (χ3v) is 3.68. The van der Waals surface area contributed by atoms with Crippen LogP contribution in [0.15, 0.2) is 34.8 Å². The van der Waals surface area contributed by atoms with Crippen molar-refractivity contribution in [2.24, 2.45) is 0 Å². The molecule has 1 heterocycles. The van der Waals surface area contributed by atoms with E-state index in [2.05, 4.69) is 26.2 Å². The van der Waals surface area contributed by atoms with E-state index in [1.54, 1.807) is 6.07 Å². The number of carbonyl (C=O) groups is 1. The third-order valence-electron chi connectivity index (χ3n) is 2.68. The van der Waals surface area contributed by atoms with E-state index in [9.17, 15) is 4.79 Å². The topological polar surface area (TPSA) is 42.0 Å². The van der Waals surface area contributed by atoms with Crippen molar-refractivity contribution in [2.75, 3.05) is 5.32 Å². The molecule has 3 nitrogen and oxygen atoms in total. The minimum atomic E-state index is -0.151. The van der Waals surface area contributed by atoms with Gasteiger partial charge in [-0.1, -0.05) is 51.3 Å². The van der Waals surface area contributed by atoms with E-state index in [1.165, 1.54) is 0 Å². The van der Waals surface area contributed by atoms with Crippen LogP contribution < -0.4 is 5.32 Å².